The van der Waals surface area contributed by atoms with Gasteiger partial charge in [-0.25, -0.2) is 9.97 Å². The summed E-state index contributed by atoms with van der Waals surface area (Å²) in [5.41, 5.74) is -0.965. The summed E-state index contributed by atoms with van der Waals surface area (Å²) in [4.78, 5) is 14.1. The van der Waals surface area contributed by atoms with Gasteiger partial charge in [0.15, 0.2) is 5.96 Å². The number of alkyl halides is 3. The Balaban J connectivity index is 0.00000420. The molecule has 29 heavy (non-hydrogen) atoms. The van der Waals surface area contributed by atoms with Gasteiger partial charge in [-0.15, -0.1) is 24.0 Å². The van der Waals surface area contributed by atoms with Crippen LogP contribution >= 0.6 is 24.0 Å². The van der Waals surface area contributed by atoms with Crippen LogP contribution in [-0.2, 0) is 10.9 Å². The van der Waals surface area contributed by atoms with E-state index in [0.717, 1.165) is 58.1 Å². The highest BCUT2D eigenvalue weighted by Crippen LogP contribution is 2.27. The molecule has 0 spiro atoms. The largest absolute Gasteiger partial charge is 0.433 e. The van der Waals surface area contributed by atoms with Gasteiger partial charge in [-0.3, -0.25) is 9.89 Å². The van der Waals surface area contributed by atoms with E-state index in [9.17, 15) is 13.2 Å². The molecule has 1 aromatic rings. The summed E-state index contributed by atoms with van der Waals surface area (Å²) in [6.45, 7) is 8.70. The maximum Gasteiger partial charge on any atom is 0.433 e. The highest BCUT2D eigenvalue weighted by Gasteiger charge is 2.32. The Kier molecular flexibility index (Phi) is 12.1. The quantitative estimate of drug-likeness (QED) is 0.194. The Morgan fingerprint density at radius 1 is 1.24 bits per heavy atom. The van der Waals surface area contributed by atoms with Crippen molar-refractivity contribution in [2.24, 2.45) is 4.99 Å². The van der Waals surface area contributed by atoms with E-state index in [-0.39, 0.29) is 29.9 Å². The van der Waals surface area contributed by atoms with Crippen molar-refractivity contribution < 1.29 is 17.9 Å². The van der Waals surface area contributed by atoms with E-state index >= 15 is 0 Å². The first-order valence-corrected chi connectivity index (χ1v) is 9.45. The second-order valence-electron chi connectivity index (χ2n) is 6.19. The van der Waals surface area contributed by atoms with Crippen LogP contribution in [-0.4, -0.2) is 79.9 Å². The first kappa shape index (κ1) is 25.6. The highest BCUT2D eigenvalue weighted by atomic mass is 127. The van der Waals surface area contributed by atoms with Crippen LogP contribution in [0.15, 0.2) is 17.3 Å². The lowest BCUT2D eigenvalue weighted by atomic mass is 10.3. The second kappa shape index (κ2) is 13.7. The summed E-state index contributed by atoms with van der Waals surface area (Å²) in [5, 5.41) is 9.06. The molecule has 0 saturated carbocycles. The molecule has 1 fully saturated rings. The topological polar surface area (TPSA) is 86.7 Å². The molecule has 0 bridgehead atoms. The minimum Gasteiger partial charge on any atom is -0.379 e. The Morgan fingerprint density at radius 3 is 2.69 bits per heavy atom. The van der Waals surface area contributed by atoms with Crippen molar-refractivity contribution in [2.75, 3.05) is 64.3 Å². The molecule has 0 radical (unpaired) electrons. The molecule has 3 N–H and O–H groups in total. The zero-order chi connectivity index (χ0) is 20.2. The van der Waals surface area contributed by atoms with Crippen LogP contribution in [0.1, 0.15) is 19.0 Å². The van der Waals surface area contributed by atoms with Gasteiger partial charge in [0, 0.05) is 52.0 Å². The number of nitrogens with one attached hydrogen (secondary N) is 3. The molecular formula is C17H29F3IN7O. The van der Waals surface area contributed by atoms with Gasteiger partial charge in [-0.1, -0.05) is 0 Å². The van der Waals surface area contributed by atoms with Gasteiger partial charge in [0.05, 0.1) is 13.2 Å². The molecule has 0 atom stereocenters. The van der Waals surface area contributed by atoms with Crippen LogP contribution in [0.5, 0.6) is 0 Å². The number of halogens is 4. The Labute approximate surface area is 186 Å². The number of hydrogen-bond acceptors (Lipinski definition) is 6. The third-order valence-corrected chi connectivity index (χ3v) is 4.00. The number of aromatic nitrogens is 2. The molecule has 2 heterocycles. The van der Waals surface area contributed by atoms with Gasteiger partial charge in [0.1, 0.15) is 5.69 Å². The summed E-state index contributed by atoms with van der Waals surface area (Å²) in [6, 6.07) is 0.844. The summed E-state index contributed by atoms with van der Waals surface area (Å²) in [7, 11) is 0. The Bertz CT molecular complexity index is 613. The zero-order valence-electron chi connectivity index (χ0n) is 16.5. The van der Waals surface area contributed by atoms with E-state index in [1.54, 1.807) is 0 Å². The first-order chi connectivity index (χ1) is 13.5. The van der Waals surface area contributed by atoms with E-state index < -0.39 is 11.9 Å². The number of morpholine rings is 1. The summed E-state index contributed by atoms with van der Waals surface area (Å²) < 4.78 is 43.3. The average molecular weight is 531 g/mol. The monoisotopic (exact) mass is 531 g/mol. The summed E-state index contributed by atoms with van der Waals surface area (Å²) in [5.74, 6) is 0.625. The standard InChI is InChI=1S/C17H28F3N7O.HI/c1-2-21-15(22-5-3-9-27-10-12-28-13-11-27)24-7-8-25-16-23-6-4-14(26-16)17(18,19)20;/h4,6H,2-3,5,7-13H2,1H3,(H2,21,22,24)(H,23,25,26);1H. The fourth-order valence-electron chi connectivity index (χ4n) is 2.61. The van der Waals surface area contributed by atoms with Crippen molar-refractivity contribution in [3.8, 4) is 0 Å². The Morgan fingerprint density at radius 2 is 2.00 bits per heavy atom. The van der Waals surface area contributed by atoms with Crippen LogP contribution < -0.4 is 16.0 Å². The first-order valence-electron chi connectivity index (χ1n) is 9.45. The predicted molar refractivity (Wildman–Crippen MR) is 117 cm³/mol. The van der Waals surface area contributed by atoms with Crippen molar-refractivity contribution in [3.63, 3.8) is 0 Å². The van der Waals surface area contributed by atoms with Gasteiger partial charge in [0.25, 0.3) is 0 Å². The van der Waals surface area contributed by atoms with E-state index in [4.69, 9.17) is 4.74 Å². The van der Waals surface area contributed by atoms with Gasteiger partial charge < -0.3 is 20.7 Å². The molecule has 12 heteroatoms. The molecule has 0 aromatic carbocycles. The van der Waals surface area contributed by atoms with Crippen LogP contribution in [0.25, 0.3) is 0 Å². The van der Waals surface area contributed by atoms with Crippen molar-refractivity contribution in [2.45, 2.75) is 19.5 Å². The van der Waals surface area contributed by atoms with Gasteiger partial charge in [-0.2, -0.15) is 13.2 Å². The van der Waals surface area contributed by atoms with Gasteiger partial charge in [0.2, 0.25) is 5.95 Å². The number of aliphatic imine (C=N–C) groups is 1. The molecule has 166 valence electrons. The van der Waals surface area contributed by atoms with Gasteiger partial charge in [-0.05, 0) is 19.4 Å². The molecule has 1 aliphatic heterocycles. The molecule has 1 saturated heterocycles. The van der Waals surface area contributed by atoms with Crippen LogP contribution in [0.2, 0.25) is 0 Å². The number of ether oxygens (including phenoxy) is 1. The summed E-state index contributed by atoms with van der Waals surface area (Å²) >= 11 is 0. The molecule has 0 unspecified atom stereocenters. The molecule has 1 aromatic heterocycles. The van der Waals surface area contributed by atoms with Crippen molar-refractivity contribution >= 4 is 35.9 Å². The lowest BCUT2D eigenvalue weighted by Crippen LogP contribution is -2.40. The third-order valence-electron chi connectivity index (χ3n) is 4.00. The fraction of sp³-hybridized carbons (Fsp3) is 0.706. The maximum atomic E-state index is 12.6. The maximum absolute atomic E-state index is 12.6. The smallest absolute Gasteiger partial charge is 0.379 e. The number of rotatable bonds is 9. The normalized spacial score (nSPS) is 15.5. The van der Waals surface area contributed by atoms with Crippen molar-refractivity contribution in [1.82, 2.24) is 25.5 Å². The fourth-order valence-corrected chi connectivity index (χ4v) is 2.61. The minimum atomic E-state index is -4.48. The lowest BCUT2D eigenvalue weighted by Gasteiger charge is -2.26. The molecule has 1 aliphatic rings. The minimum absolute atomic E-state index is 0. The molecule has 8 nitrogen and oxygen atoms in total. The number of anilines is 1. The SMILES string of the molecule is CCNC(=NCCCN1CCOCC1)NCCNc1nccc(C(F)(F)F)n1.I. The van der Waals surface area contributed by atoms with E-state index in [1.165, 1.54) is 0 Å². The molecule has 2 rings (SSSR count). The highest BCUT2D eigenvalue weighted by molar-refractivity contribution is 14.0. The molecule has 0 aliphatic carbocycles. The second-order valence-corrected chi connectivity index (χ2v) is 6.19. The Hall–Kier alpha value is -1.41. The molecular weight excluding hydrogens is 502 g/mol. The van der Waals surface area contributed by atoms with Crippen LogP contribution in [0, 0.1) is 0 Å². The van der Waals surface area contributed by atoms with E-state index in [0.29, 0.717) is 25.6 Å². The van der Waals surface area contributed by atoms with Gasteiger partial charge >= 0.3 is 6.18 Å². The van der Waals surface area contributed by atoms with E-state index in [2.05, 4.69) is 35.8 Å². The van der Waals surface area contributed by atoms with Crippen LogP contribution in [0.4, 0.5) is 19.1 Å². The average Bonchev–Trinajstić information content (AvgIpc) is 2.69. The predicted octanol–water partition coefficient (Wildman–Crippen LogP) is 1.80. The zero-order valence-corrected chi connectivity index (χ0v) is 18.8. The van der Waals surface area contributed by atoms with E-state index in [1.807, 2.05) is 6.92 Å². The number of nitrogens with zero attached hydrogens (tertiary/aromatic N) is 4. The number of hydrogen-bond donors (Lipinski definition) is 3. The van der Waals surface area contributed by atoms with Crippen LogP contribution in [0.3, 0.4) is 0 Å². The number of guanidine groups is 1. The lowest BCUT2D eigenvalue weighted by molar-refractivity contribution is -0.141. The van der Waals surface area contributed by atoms with Crippen molar-refractivity contribution in [3.05, 3.63) is 18.0 Å². The molecule has 0 amide bonds. The third kappa shape index (κ3) is 10.3. The van der Waals surface area contributed by atoms with Crippen molar-refractivity contribution in [1.29, 1.82) is 0 Å². The summed E-state index contributed by atoms with van der Waals surface area (Å²) in [6.07, 6.45) is -2.44.